The number of carbonyl (C=O) groups is 1. The molecule has 0 saturated carbocycles. The maximum absolute atomic E-state index is 13.9. The monoisotopic (exact) mass is 443 g/mol. The molecule has 9 heteroatoms. The standard InChI is InChI=1S/C23H30FN5O3/c1-6-28-12-19(27-4)21(13(2)25)15-9-20(22(26)29-11-15)32-14(3)18-10-16(24)7-8-17(18)23(30)31-5/h7-11,14,28H,6,12,25H2,1-5H3,(H2,26,29)/b21-13-,27-19?. The van der Waals surface area contributed by atoms with E-state index in [1.165, 1.54) is 25.3 Å². The number of rotatable bonds is 9. The lowest BCUT2D eigenvalue weighted by Gasteiger charge is -2.20. The van der Waals surface area contributed by atoms with Crippen molar-refractivity contribution in [1.82, 2.24) is 10.3 Å². The van der Waals surface area contributed by atoms with Gasteiger partial charge in [-0.25, -0.2) is 14.2 Å². The van der Waals surface area contributed by atoms with Crippen LogP contribution in [0.1, 0.15) is 48.4 Å². The van der Waals surface area contributed by atoms with Crippen LogP contribution in [0.3, 0.4) is 0 Å². The van der Waals surface area contributed by atoms with Crippen molar-refractivity contribution in [2.75, 3.05) is 33.0 Å². The Kier molecular flexibility index (Phi) is 8.71. The molecule has 0 bridgehead atoms. The summed E-state index contributed by atoms with van der Waals surface area (Å²) in [5.41, 5.74) is 15.5. The van der Waals surface area contributed by atoms with E-state index in [0.717, 1.165) is 17.8 Å². The molecule has 1 atom stereocenters. The fraction of sp³-hybridized carbons (Fsp3) is 0.348. The number of halogens is 1. The Labute approximate surface area is 187 Å². The van der Waals surface area contributed by atoms with E-state index >= 15 is 0 Å². The average Bonchev–Trinajstić information content (AvgIpc) is 2.77. The number of ether oxygens (including phenoxy) is 2. The van der Waals surface area contributed by atoms with Crippen LogP contribution in [0.25, 0.3) is 5.57 Å². The van der Waals surface area contributed by atoms with Gasteiger partial charge in [0.2, 0.25) is 0 Å². The molecule has 0 aliphatic carbocycles. The molecule has 0 aliphatic rings. The molecule has 2 aromatic rings. The first-order valence-corrected chi connectivity index (χ1v) is 10.2. The van der Waals surface area contributed by atoms with E-state index in [2.05, 4.69) is 15.3 Å². The van der Waals surface area contributed by atoms with Crippen LogP contribution in [0.4, 0.5) is 10.2 Å². The molecular formula is C23H30FN5O3. The quantitative estimate of drug-likeness (QED) is 0.402. The smallest absolute Gasteiger partial charge is 0.338 e. The second kappa shape index (κ2) is 11.2. The maximum Gasteiger partial charge on any atom is 0.338 e. The van der Waals surface area contributed by atoms with Crippen molar-refractivity contribution >= 4 is 23.1 Å². The molecular weight excluding hydrogens is 413 g/mol. The van der Waals surface area contributed by atoms with Gasteiger partial charge in [-0.1, -0.05) is 6.92 Å². The van der Waals surface area contributed by atoms with Crippen molar-refractivity contribution in [3.63, 3.8) is 0 Å². The summed E-state index contributed by atoms with van der Waals surface area (Å²) in [5.74, 6) is -0.675. The van der Waals surface area contributed by atoms with Gasteiger partial charge in [-0.05, 0) is 44.7 Å². The normalized spacial score (nSPS) is 13.4. The van der Waals surface area contributed by atoms with Crippen molar-refractivity contribution in [1.29, 1.82) is 0 Å². The Hall–Kier alpha value is -3.46. The second-order valence-electron chi connectivity index (χ2n) is 7.10. The molecule has 0 aliphatic heterocycles. The first-order valence-electron chi connectivity index (χ1n) is 10.2. The number of aromatic nitrogens is 1. The number of hydrogen-bond donors (Lipinski definition) is 3. The highest BCUT2D eigenvalue weighted by Gasteiger charge is 2.21. The number of methoxy groups -OCH3 is 1. The minimum atomic E-state index is -0.716. The Morgan fingerprint density at radius 3 is 2.66 bits per heavy atom. The van der Waals surface area contributed by atoms with Gasteiger partial charge in [-0.3, -0.25) is 4.99 Å². The van der Waals surface area contributed by atoms with Gasteiger partial charge in [0.05, 0.1) is 18.4 Å². The summed E-state index contributed by atoms with van der Waals surface area (Å²) in [5, 5.41) is 3.24. The fourth-order valence-corrected chi connectivity index (χ4v) is 3.25. The summed E-state index contributed by atoms with van der Waals surface area (Å²) in [4.78, 5) is 20.7. The van der Waals surface area contributed by atoms with E-state index < -0.39 is 17.9 Å². The zero-order valence-electron chi connectivity index (χ0n) is 19.0. The Morgan fingerprint density at radius 1 is 1.34 bits per heavy atom. The Bertz CT molecular complexity index is 1030. The highest BCUT2D eigenvalue weighted by Crippen LogP contribution is 2.31. The number of pyridine rings is 1. The molecule has 0 fully saturated rings. The first-order chi connectivity index (χ1) is 15.2. The lowest BCUT2D eigenvalue weighted by molar-refractivity contribution is 0.0595. The van der Waals surface area contributed by atoms with Gasteiger partial charge in [0.15, 0.2) is 11.6 Å². The van der Waals surface area contributed by atoms with Crippen molar-refractivity contribution in [2.45, 2.75) is 26.9 Å². The number of allylic oxidation sites excluding steroid dienone is 1. The number of esters is 1. The molecule has 32 heavy (non-hydrogen) atoms. The summed E-state index contributed by atoms with van der Waals surface area (Å²) in [7, 11) is 2.95. The van der Waals surface area contributed by atoms with Crippen LogP contribution < -0.4 is 21.5 Å². The molecule has 0 spiro atoms. The highest BCUT2D eigenvalue weighted by molar-refractivity contribution is 6.25. The van der Waals surface area contributed by atoms with Crippen molar-refractivity contribution in [2.24, 2.45) is 10.7 Å². The van der Waals surface area contributed by atoms with Crippen LogP contribution >= 0.6 is 0 Å². The van der Waals surface area contributed by atoms with Gasteiger partial charge in [0.25, 0.3) is 0 Å². The molecule has 1 aromatic carbocycles. The van der Waals surface area contributed by atoms with Gasteiger partial charge in [0, 0.05) is 42.2 Å². The van der Waals surface area contributed by atoms with Gasteiger partial charge < -0.3 is 26.3 Å². The number of benzene rings is 1. The summed E-state index contributed by atoms with van der Waals surface area (Å²) in [6, 6.07) is 5.49. The Balaban J connectivity index is 2.45. The zero-order valence-corrected chi connectivity index (χ0v) is 19.0. The second-order valence-corrected chi connectivity index (χ2v) is 7.10. The maximum atomic E-state index is 13.9. The minimum Gasteiger partial charge on any atom is -0.482 e. The molecule has 5 N–H and O–H groups in total. The molecule has 8 nitrogen and oxygen atoms in total. The molecule has 2 rings (SSSR count). The SMILES string of the molecule is CCNCC(=NC)/C(=C(/C)N)c1cnc(N)c(OC(C)c2cc(F)ccc2C(=O)OC)c1. The van der Waals surface area contributed by atoms with Crippen LogP contribution in [-0.2, 0) is 4.74 Å². The predicted molar refractivity (Wildman–Crippen MR) is 124 cm³/mol. The predicted octanol–water partition coefficient (Wildman–Crippen LogP) is 3.10. The first kappa shape index (κ1) is 24.8. The van der Waals surface area contributed by atoms with Gasteiger partial charge >= 0.3 is 5.97 Å². The van der Waals surface area contributed by atoms with Crippen LogP contribution in [0, 0.1) is 5.82 Å². The molecule has 172 valence electrons. The van der Waals surface area contributed by atoms with E-state index in [1.54, 1.807) is 33.2 Å². The summed E-state index contributed by atoms with van der Waals surface area (Å²) in [6.07, 6.45) is 0.879. The van der Waals surface area contributed by atoms with Gasteiger partial charge in [0.1, 0.15) is 11.9 Å². The van der Waals surface area contributed by atoms with Crippen molar-refractivity contribution < 1.29 is 18.7 Å². The summed E-state index contributed by atoms with van der Waals surface area (Å²) >= 11 is 0. The number of hydrogen-bond acceptors (Lipinski definition) is 8. The fourth-order valence-electron chi connectivity index (χ4n) is 3.25. The van der Waals surface area contributed by atoms with E-state index in [1.807, 2.05) is 6.92 Å². The van der Waals surface area contributed by atoms with E-state index in [4.69, 9.17) is 20.9 Å². The molecule has 0 amide bonds. The Morgan fingerprint density at radius 2 is 2.06 bits per heavy atom. The van der Waals surface area contributed by atoms with Crippen LogP contribution in [0.2, 0.25) is 0 Å². The largest absolute Gasteiger partial charge is 0.482 e. The molecule has 0 saturated heterocycles. The number of nitrogens with one attached hydrogen (secondary N) is 1. The lowest BCUT2D eigenvalue weighted by atomic mass is 10.00. The molecule has 1 aromatic heterocycles. The van der Waals surface area contributed by atoms with Crippen LogP contribution in [0.15, 0.2) is 41.2 Å². The van der Waals surface area contributed by atoms with Gasteiger partial charge in [-0.15, -0.1) is 0 Å². The number of nitrogens with zero attached hydrogens (tertiary/aromatic N) is 2. The third kappa shape index (κ3) is 5.82. The van der Waals surface area contributed by atoms with Crippen LogP contribution in [-0.4, -0.2) is 43.9 Å². The number of nitrogens with two attached hydrogens (primary N) is 2. The van der Waals surface area contributed by atoms with E-state index in [-0.39, 0.29) is 17.1 Å². The summed E-state index contributed by atoms with van der Waals surface area (Å²) < 4.78 is 24.7. The van der Waals surface area contributed by atoms with Gasteiger partial charge in [-0.2, -0.15) is 0 Å². The number of anilines is 1. The number of carbonyl (C=O) groups excluding carboxylic acids is 1. The minimum absolute atomic E-state index is 0.146. The third-order valence-electron chi connectivity index (χ3n) is 4.83. The number of nitrogen functional groups attached to an aromatic ring is 1. The van der Waals surface area contributed by atoms with Crippen LogP contribution in [0.5, 0.6) is 5.75 Å². The number of aliphatic imine (C=N–C) groups is 1. The van der Waals surface area contributed by atoms with Crippen molar-refractivity contribution in [3.05, 3.63) is 58.7 Å². The van der Waals surface area contributed by atoms with Crippen molar-refractivity contribution in [3.8, 4) is 5.75 Å². The summed E-state index contributed by atoms with van der Waals surface area (Å²) in [6.45, 7) is 6.76. The molecule has 1 unspecified atom stereocenters. The molecule has 0 radical (unpaired) electrons. The van der Waals surface area contributed by atoms with E-state index in [0.29, 0.717) is 23.4 Å². The topological polar surface area (TPSA) is 125 Å². The average molecular weight is 444 g/mol. The van der Waals surface area contributed by atoms with E-state index in [9.17, 15) is 9.18 Å². The molecule has 1 heterocycles. The highest BCUT2D eigenvalue weighted by atomic mass is 19.1. The third-order valence-corrected chi connectivity index (χ3v) is 4.83. The zero-order chi connectivity index (χ0) is 23.8. The lowest BCUT2D eigenvalue weighted by Crippen LogP contribution is -2.25.